The van der Waals surface area contributed by atoms with Crippen LogP contribution < -0.4 is 5.32 Å². The maximum Gasteiger partial charge on any atom is 0.273 e. The lowest BCUT2D eigenvalue weighted by molar-refractivity contribution is 0.0118. The van der Waals surface area contributed by atoms with E-state index in [-0.39, 0.29) is 12.2 Å². The van der Waals surface area contributed by atoms with E-state index in [1.54, 1.807) is 17.5 Å². The van der Waals surface area contributed by atoms with Crippen LogP contribution in [0.15, 0.2) is 23.7 Å². The summed E-state index contributed by atoms with van der Waals surface area (Å²) < 4.78 is 29.0. The third-order valence-electron chi connectivity index (χ3n) is 3.77. The zero-order chi connectivity index (χ0) is 17.3. The number of likely N-dealkylation sites (tertiary alicyclic amines) is 1. The molecule has 24 heavy (non-hydrogen) atoms. The van der Waals surface area contributed by atoms with Gasteiger partial charge in [0.2, 0.25) is 0 Å². The third kappa shape index (κ3) is 3.28. The van der Waals surface area contributed by atoms with E-state index < -0.39 is 36.7 Å². The van der Waals surface area contributed by atoms with Gasteiger partial charge in [0.25, 0.3) is 17.7 Å². The Morgan fingerprint density at radius 3 is 2.96 bits per heavy atom. The normalized spacial score (nSPS) is 19.5. The standard InChI is InChI=1S/C14H15F2N5O2S/c1-17-12(22)10-7-20(19-18-10)6-9-5-14(15,16)8-21(9)13(23)11-3-2-4-24-11/h2-4,7,9H,5-6,8H2,1H3,(H,17,22). The highest BCUT2D eigenvalue weighted by Crippen LogP contribution is 2.34. The number of halogens is 2. The number of hydrogen-bond acceptors (Lipinski definition) is 5. The predicted molar refractivity (Wildman–Crippen MR) is 82.1 cm³/mol. The molecule has 10 heteroatoms. The van der Waals surface area contributed by atoms with E-state index in [0.717, 1.165) is 0 Å². The molecule has 0 aliphatic carbocycles. The molecule has 7 nitrogen and oxygen atoms in total. The maximum absolute atomic E-state index is 13.8. The van der Waals surface area contributed by atoms with Gasteiger partial charge in [0.1, 0.15) is 0 Å². The Morgan fingerprint density at radius 1 is 1.50 bits per heavy atom. The average Bonchev–Trinajstić information content (AvgIpc) is 3.26. The summed E-state index contributed by atoms with van der Waals surface area (Å²) in [6, 6.07) is 2.60. The molecule has 1 fully saturated rings. The van der Waals surface area contributed by atoms with Crippen LogP contribution in [-0.4, -0.2) is 57.3 Å². The minimum absolute atomic E-state index is 0.0523. The highest BCUT2D eigenvalue weighted by Gasteiger charge is 2.47. The van der Waals surface area contributed by atoms with Crippen molar-refractivity contribution < 1.29 is 18.4 Å². The van der Waals surface area contributed by atoms with Gasteiger partial charge in [0, 0.05) is 13.5 Å². The van der Waals surface area contributed by atoms with Gasteiger partial charge in [-0.1, -0.05) is 11.3 Å². The summed E-state index contributed by atoms with van der Waals surface area (Å²) in [6.07, 6.45) is 0.933. The molecule has 0 spiro atoms. The Labute approximate surface area is 140 Å². The van der Waals surface area contributed by atoms with Crippen LogP contribution in [0.1, 0.15) is 26.6 Å². The summed E-state index contributed by atoms with van der Waals surface area (Å²) in [5.41, 5.74) is 0.0957. The molecule has 0 radical (unpaired) electrons. The second kappa shape index (κ2) is 6.27. The van der Waals surface area contributed by atoms with Crippen molar-refractivity contribution in [2.45, 2.75) is 24.9 Å². The molecule has 1 aliphatic heterocycles. The van der Waals surface area contributed by atoms with E-state index in [1.807, 2.05) is 0 Å². The largest absolute Gasteiger partial charge is 0.354 e. The molecule has 1 N–H and O–H groups in total. The van der Waals surface area contributed by atoms with E-state index in [0.29, 0.717) is 4.88 Å². The van der Waals surface area contributed by atoms with Crippen LogP contribution >= 0.6 is 11.3 Å². The lowest BCUT2D eigenvalue weighted by Crippen LogP contribution is -2.38. The first kappa shape index (κ1) is 16.5. The molecule has 2 aromatic rings. The topological polar surface area (TPSA) is 80.1 Å². The first-order valence-electron chi connectivity index (χ1n) is 7.24. The summed E-state index contributed by atoms with van der Waals surface area (Å²) in [6.45, 7) is -0.567. The number of alkyl halides is 2. The molecule has 128 valence electrons. The van der Waals surface area contributed by atoms with Gasteiger partial charge in [-0.3, -0.25) is 9.59 Å². The molecule has 2 amide bonds. The highest BCUT2D eigenvalue weighted by atomic mass is 32.1. The van der Waals surface area contributed by atoms with Crippen molar-refractivity contribution in [3.8, 4) is 0 Å². The number of aromatic nitrogens is 3. The van der Waals surface area contributed by atoms with Gasteiger partial charge >= 0.3 is 0 Å². The van der Waals surface area contributed by atoms with Crippen molar-refractivity contribution in [3.05, 3.63) is 34.3 Å². The van der Waals surface area contributed by atoms with Crippen LogP contribution in [0.25, 0.3) is 0 Å². The Balaban J connectivity index is 1.78. The van der Waals surface area contributed by atoms with E-state index in [4.69, 9.17) is 0 Å². The molecular weight excluding hydrogens is 340 g/mol. The van der Waals surface area contributed by atoms with Gasteiger partial charge in [-0.2, -0.15) is 0 Å². The number of hydrogen-bond donors (Lipinski definition) is 1. The van der Waals surface area contributed by atoms with E-state index in [1.165, 1.54) is 34.2 Å². The van der Waals surface area contributed by atoms with Crippen molar-refractivity contribution in [2.24, 2.45) is 0 Å². The van der Waals surface area contributed by atoms with Gasteiger partial charge in [0.15, 0.2) is 5.69 Å². The summed E-state index contributed by atoms with van der Waals surface area (Å²) in [7, 11) is 1.46. The van der Waals surface area contributed by atoms with Crippen LogP contribution in [0.2, 0.25) is 0 Å². The summed E-state index contributed by atoms with van der Waals surface area (Å²) in [5.74, 6) is -3.77. The first-order valence-corrected chi connectivity index (χ1v) is 8.12. The van der Waals surface area contributed by atoms with Gasteiger partial charge in [-0.25, -0.2) is 13.5 Å². The fourth-order valence-corrected chi connectivity index (χ4v) is 3.35. The SMILES string of the molecule is CNC(=O)c1cn(CC2CC(F)(F)CN2C(=O)c2cccs2)nn1. The third-order valence-corrected chi connectivity index (χ3v) is 4.62. The van der Waals surface area contributed by atoms with Crippen molar-refractivity contribution in [1.29, 1.82) is 0 Å². The number of rotatable bonds is 4. The van der Waals surface area contributed by atoms with Gasteiger partial charge in [0.05, 0.1) is 30.2 Å². The van der Waals surface area contributed by atoms with Crippen molar-refractivity contribution in [2.75, 3.05) is 13.6 Å². The van der Waals surface area contributed by atoms with Gasteiger partial charge < -0.3 is 10.2 Å². The number of amides is 2. The zero-order valence-corrected chi connectivity index (χ0v) is 13.6. The lowest BCUT2D eigenvalue weighted by Gasteiger charge is -2.23. The molecule has 0 aromatic carbocycles. The summed E-state index contributed by atoms with van der Waals surface area (Å²) in [4.78, 5) is 25.5. The average molecular weight is 355 g/mol. The molecule has 1 saturated heterocycles. The monoisotopic (exact) mass is 355 g/mol. The second-order valence-corrected chi connectivity index (χ2v) is 6.48. The molecule has 1 aliphatic rings. The van der Waals surface area contributed by atoms with Crippen LogP contribution in [-0.2, 0) is 6.54 Å². The summed E-state index contributed by atoms with van der Waals surface area (Å²) >= 11 is 1.21. The minimum atomic E-state index is -2.94. The van der Waals surface area contributed by atoms with Gasteiger partial charge in [-0.15, -0.1) is 16.4 Å². The minimum Gasteiger partial charge on any atom is -0.354 e. The van der Waals surface area contributed by atoms with E-state index >= 15 is 0 Å². The molecule has 3 heterocycles. The Kier molecular flexibility index (Phi) is 4.31. The quantitative estimate of drug-likeness (QED) is 0.895. The number of carbonyl (C=O) groups is 2. The summed E-state index contributed by atoms with van der Waals surface area (Å²) in [5, 5.41) is 11.6. The lowest BCUT2D eigenvalue weighted by atomic mass is 10.2. The Hall–Kier alpha value is -2.36. The van der Waals surface area contributed by atoms with E-state index in [9.17, 15) is 18.4 Å². The molecule has 2 aromatic heterocycles. The number of nitrogens with one attached hydrogen (secondary N) is 1. The van der Waals surface area contributed by atoms with Crippen LogP contribution in [0.3, 0.4) is 0 Å². The van der Waals surface area contributed by atoms with E-state index in [2.05, 4.69) is 15.6 Å². The maximum atomic E-state index is 13.8. The van der Waals surface area contributed by atoms with Gasteiger partial charge in [-0.05, 0) is 11.4 Å². The number of carbonyl (C=O) groups excluding carboxylic acids is 2. The fourth-order valence-electron chi connectivity index (χ4n) is 2.68. The molecule has 0 saturated carbocycles. The molecule has 3 rings (SSSR count). The number of thiophene rings is 1. The molecular formula is C14H15F2N5O2S. The first-order chi connectivity index (χ1) is 11.4. The van der Waals surface area contributed by atoms with Crippen LogP contribution in [0, 0.1) is 0 Å². The molecule has 1 unspecified atom stereocenters. The predicted octanol–water partition coefficient (Wildman–Crippen LogP) is 1.25. The van der Waals surface area contributed by atoms with Crippen molar-refractivity contribution in [1.82, 2.24) is 25.2 Å². The van der Waals surface area contributed by atoms with Crippen molar-refractivity contribution >= 4 is 23.2 Å². The smallest absolute Gasteiger partial charge is 0.273 e. The Bertz CT molecular complexity index is 746. The fraction of sp³-hybridized carbons (Fsp3) is 0.429. The zero-order valence-electron chi connectivity index (χ0n) is 12.8. The molecule has 0 bridgehead atoms. The molecule has 1 atom stereocenters. The van der Waals surface area contributed by atoms with Crippen molar-refractivity contribution in [3.63, 3.8) is 0 Å². The number of nitrogens with zero attached hydrogens (tertiary/aromatic N) is 4. The highest BCUT2D eigenvalue weighted by molar-refractivity contribution is 7.12. The van der Waals surface area contributed by atoms with Crippen LogP contribution in [0.4, 0.5) is 8.78 Å². The Morgan fingerprint density at radius 2 is 2.29 bits per heavy atom. The second-order valence-electron chi connectivity index (χ2n) is 5.53. The van der Waals surface area contributed by atoms with Crippen LogP contribution in [0.5, 0.6) is 0 Å².